The van der Waals surface area contributed by atoms with Gasteiger partial charge in [0.25, 0.3) is 0 Å². The summed E-state index contributed by atoms with van der Waals surface area (Å²) in [6.45, 7) is 1.98. The third-order valence-electron chi connectivity index (χ3n) is 4.46. The first-order chi connectivity index (χ1) is 16.1. The summed E-state index contributed by atoms with van der Waals surface area (Å²) in [5, 5.41) is 11.4. The molecule has 11 heteroatoms. The number of nitro benzene ring substituents is 1. The van der Waals surface area contributed by atoms with Crippen molar-refractivity contribution in [3.63, 3.8) is 0 Å². The molecule has 3 aromatic carbocycles. The van der Waals surface area contributed by atoms with Gasteiger partial charge in [-0.2, -0.15) is 13.2 Å². The van der Waals surface area contributed by atoms with Crippen molar-refractivity contribution < 1.29 is 32.3 Å². The van der Waals surface area contributed by atoms with E-state index in [2.05, 4.69) is 20.9 Å². The molecule has 0 aliphatic carbocycles. The van der Waals surface area contributed by atoms with Crippen LogP contribution in [0.1, 0.15) is 18.1 Å². The van der Waals surface area contributed by atoms with Crippen molar-refractivity contribution in [1.29, 1.82) is 0 Å². The van der Waals surface area contributed by atoms with Crippen LogP contribution in [0.5, 0.6) is 23.0 Å². The van der Waals surface area contributed by atoms with Crippen LogP contribution in [0, 0.1) is 10.1 Å². The number of hydrogen-bond acceptors (Lipinski definition) is 6. The van der Waals surface area contributed by atoms with E-state index in [1.807, 2.05) is 0 Å². The molecule has 3 rings (SSSR count). The second-order valence-corrected chi connectivity index (χ2v) is 7.61. The molecule has 0 saturated carbocycles. The lowest BCUT2D eigenvalue weighted by Crippen LogP contribution is -2.06. The van der Waals surface area contributed by atoms with Crippen molar-refractivity contribution in [2.75, 3.05) is 13.7 Å². The van der Waals surface area contributed by atoms with Crippen LogP contribution >= 0.6 is 15.9 Å². The quantitative estimate of drug-likeness (QED) is 0.170. The summed E-state index contributed by atoms with van der Waals surface area (Å²) < 4.78 is 55.7. The molecule has 0 aliphatic rings. The average molecular weight is 539 g/mol. The fraction of sp³-hybridized carbons (Fsp3) is 0.174. The molecule has 0 spiro atoms. The van der Waals surface area contributed by atoms with E-state index in [-0.39, 0.29) is 23.9 Å². The van der Waals surface area contributed by atoms with E-state index in [1.54, 1.807) is 56.6 Å². The zero-order chi connectivity index (χ0) is 24.9. The third kappa shape index (κ3) is 6.04. The number of alkyl halides is 3. The van der Waals surface area contributed by atoms with Gasteiger partial charge in [0.2, 0.25) is 5.75 Å². The highest BCUT2D eigenvalue weighted by molar-refractivity contribution is 9.10. The molecular weight excluding hydrogens is 521 g/mol. The van der Waals surface area contributed by atoms with Gasteiger partial charge in [0.05, 0.1) is 34.4 Å². The molecule has 0 saturated heterocycles. The molecule has 0 N–H and O–H groups in total. The molecule has 0 amide bonds. The largest absolute Gasteiger partial charge is 0.497 e. The van der Waals surface area contributed by atoms with Gasteiger partial charge in [-0.15, -0.1) is 0 Å². The Hall–Kier alpha value is -3.60. The van der Waals surface area contributed by atoms with E-state index in [1.165, 1.54) is 0 Å². The van der Waals surface area contributed by atoms with Crippen LogP contribution in [-0.2, 0) is 6.18 Å². The zero-order valence-electron chi connectivity index (χ0n) is 17.9. The van der Waals surface area contributed by atoms with Crippen molar-refractivity contribution in [3.8, 4) is 23.0 Å². The predicted octanol–water partition coefficient (Wildman–Crippen LogP) is 7.33. The number of ether oxygens (including phenoxy) is 3. The van der Waals surface area contributed by atoms with E-state index >= 15 is 0 Å². The van der Waals surface area contributed by atoms with Crippen LogP contribution in [-0.4, -0.2) is 24.9 Å². The van der Waals surface area contributed by atoms with Gasteiger partial charge in [-0.1, -0.05) is 0 Å². The van der Waals surface area contributed by atoms with Gasteiger partial charge in [-0.25, -0.2) is 0 Å². The molecule has 3 aromatic rings. The van der Waals surface area contributed by atoms with Gasteiger partial charge < -0.3 is 14.2 Å². The molecule has 178 valence electrons. The molecule has 0 aliphatic heterocycles. The van der Waals surface area contributed by atoms with Crippen molar-refractivity contribution in [3.05, 3.63) is 80.3 Å². The Morgan fingerprint density at radius 1 is 1.09 bits per heavy atom. The molecule has 0 bridgehead atoms. The molecule has 0 atom stereocenters. The van der Waals surface area contributed by atoms with E-state index in [4.69, 9.17) is 14.2 Å². The minimum atomic E-state index is -4.73. The smallest absolute Gasteiger partial charge is 0.416 e. The monoisotopic (exact) mass is 538 g/mol. The molecule has 0 aromatic heterocycles. The highest BCUT2D eigenvalue weighted by Gasteiger charge is 2.33. The normalized spacial score (nSPS) is 11.5. The molecular formula is C23H18BrF3N2O5. The van der Waals surface area contributed by atoms with Gasteiger partial charge >= 0.3 is 11.9 Å². The van der Waals surface area contributed by atoms with Crippen LogP contribution in [0.25, 0.3) is 0 Å². The molecule has 34 heavy (non-hydrogen) atoms. The number of nitro groups is 1. The Labute approximate surface area is 201 Å². The molecule has 0 radical (unpaired) electrons. The van der Waals surface area contributed by atoms with E-state index in [0.717, 1.165) is 6.07 Å². The van der Waals surface area contributed by atoms with Crippen LogP contribution in [0.2, 0.25) is 0 Å². The van der Waals surface area contributed by atoms with Crippen LogP contribution < -0.4 is 14.2 Å². The summed E-state index contributed by atoms with van der Waals surface area (Å²) >= 11 is 3.35. The van der Waals surface area contributed by atoms with Crippen LogP contribution in [0.15, 0.2) is 64.1 Å². The Balaban J connectivity index is 1.96. The average Bonchev–Trinajstić information content (AvgIpc) is 2.79. The first-order valence-corrected chi connectivity index (χ1v) is 10.6. The summed E-state index contributed by atoms with van der Waals surface area (Å²) in [4.78, 5) is 14.8. The predicted molar refractivity (Wildman–Crippen MR) is 124 cm³/mol. The fourth-order valence-corrected chi connectivity index (χ4v) is 3.42. The van der Waals surface area contributed by atoms with Gasteiger partial charge in [0.15, 0.2) is 11.5 Å². The SMILES string of the molecule is CCOc1cc(C=Nc2ccc(OC)cc2)cc(Br)c1Oc1ccc(C(F)(F)F)cc1[N+](=O)[O-]. The van der Waals surface area contributed by atoms with Crippen molar-refractivity contribution in [2.45, 2.75) is 13.1 Å². The lowest BCUT2D eigenvalue weighted by atomic mass is 10.1. The maximum Gasteiger partial charge on any atom is 0.416 e. The number of aliphatic imine (C=N–C) groups is 1. The lowest BCUT2D eigenvalue weighted by Gasteiger charge is -2.15. The minimum absolute atomic E-state index is 0.0753. The zero-order valence-corrected chi connectivity index (χ0v) is 19.5. The van der Waals surface area contributed by atoms with Crippen molar-refractivity contribution >= 4 is 33.5 Å². The molecule has 0 unspecified atom stereocenters. The summed E-state index contributed by atoms with van der Waals surface area (Å²) in [5.41, 5.74) is -0.675. The number of benzene rings is 3. The number of nitrogens with zero attached hydrogens (tertiary/aromatic N) is 2. The Kier molecular flexibility index (Phi) is 7.77. The standard InChI is InChI=1S/C23H18BrF3N2O5/c1-3-33-21-11-14(13-28-16-5-7-17(32-2)8-6-16)10-18(24)22(21)34-20-9-4-15(23(25,26)27)12-19(20)29(30)31/h4-13H,3H2,1-2H3. The molecule has 7 nitrogen and oxygen atoms in total. The summed E-state index contributed by atoms with van der Waals surface area (Å²) in [5.74, 6) is 0.632. The van der Waals surface area contributed by atoms with Crippen LogP contribution in [0.3, 0.4) is 0 Å². The van der Waals surface area contributed by atoms with Gasteiger partial charge in [0.1, 0.15) is 5.75 Å². The molecule has 0 fully saturated rings. The maximum atomic E-state index is 13.0. The van der Waals surface area contributed by atoms with Gasteiger partial charge in [0, 0.05) is 12.3 Å². The second-order valence-electron chi connectivity index (χ2n) is 6.76. The number of halogens is 4. The van der Waals surface area contributed by atoms with Crippen molar-refractivity contribution in [1.82, 2.24) is 0 Å². The third-order valence-corrected chi connectivity index (χ3v) is 5.05. The van der Waals surface area contributed by atoms with Crippen LogP contribution in [0.4, 0.5) is 24.5 Å². The highest BCUT2D eigenvalue weighted by Crippen LogP contribution is 2.43. The highest BCUT2D eigenvalue weighted by atomic mass is 79.9. The summed E-state index contributed by atoms with van der Waals surface area (Å²) in [6, 6.07) is 12.4. The lowest BCUT2D eigenvalue weighted by molar-refractivity contribution is -0.385. The number of rotatable bonds is 8. The molecule has 0 heterocycles. The first kappa shape index (κ1) is 25.0. The first-order valence-electron chi connectivity index (χ1n) is 9.80. The second kappa shape index (κ2) is 10.6. The van der Waals surface area contributed by atoms with Gasteiger partial charge in [-0.3, -0.25) is 15.1 Å². The van der Waals surface area contributed by atoms with Gasteiger partial charge in [-0.05, 0) is 76.9 Å². The summed E-state index contributed by atoms with van der Waals surface area (Å²) in [6.07, 6.45) is -3.15. The maximum absolute atomic E-state index is 13.0. The Morgan fingerprint density at radius 2 is 1.79 bits per heavy atom. The van der Waals surface area contributed by atoms with Crippen molar-refractivity contribution in [2.24, 2.45) is 4.99 Å². The fourth-order valence-electron chi connectivity index (χ4n) is 2.87. The van der Waals surface area contributed by atoms with E-state index < -0.39 is 22.4 Å². The van der Waals surface area contributed by atoms with E-state index in [0.29, 0.717) is 33.6 Å². The Bertz CT molecular complexity index is 1210. The summed E-state index contributed by atoms with van der Waals surface area (Å²) in [7, 11) is 1.56. The number of hydrogen-bond donors (Lipinski definition) is 0. The van der Waals surface area contributed by atoms with E-state index in [9.17, 15) is 23.3 Å². The number of methoxy groups -OCH3 is 1. The Morgan fingerprint density at radius 3 is 2.38 bits per heavy atom. The minimum Gasteiger partial charge on any atom is -0.497 e. The topological polar surface area (TPSA) is 83.2 Å².